The lowest BCUT2D eigenvalue weighted by atomic mass is 10.1. The minimum Gasteiger partial charge on any atom is -0.503 e. The maximum Gasteiger partial charge on any atom is 0.272 e. The monoisotopic (exact) mass is 413 g/mol. The van der Waals surface area contributed by atoms with E-state index in [9.17, 15) is 24.2 Å². The molecule has 2 heterocycles. The van der Waals surface area contributed by atoms with Crippen molar-refractivity contribution in [1.29, 1.82) is 0 Å². The summed E-state index contributed by atoms with van der Waals surface area (Å²) in [6.45, 7) is 0.238. The van der Waals surface area contributed by atoms with Crippen LogP contribution in [0.2, 0.25) is 0 Å². The predicted molar refractivity (Wildman–Crippen MR) is 104 cm³/mol. The number of carbonyl (C=O) groups excluding carboxylic acids is 2. The number of aromatic hydroxyl groups is 2. The van der Waals surface area contributed by atoms with Crippen molar-refractivity contribution in [3.05, 3.63) is 71.2 Å². The van der Waals surface area contributed by atoms with Gasteiger partial charge in [0.2, 0.25) is 0 Å². The van der Waals surface area contributed by atoms with E-state index in [1.54, 1.807) is 24.0 Å². The molecule has 0 aliphatic rings. The number of rotatable bonds is 6. The van der Waals surface area contributed by atoms with Gasteiger partial charge < -0.3 is 25.0 Å². The van der Waals surface area contributed by atoms with Crippen LogP contribution in [0.3, 0.4) is 0 Å². The number of nitrogens with one attached hydrogen (secondary N) is 1. The normalized spacial score (nSPS) is 10.6. The van der Waals surface area contributed by atoms with Crippen LogP contribution in [0.15, 0.2) is 42.7 Å². The molecule has 0 fully saturated rings. The van der Waals surface area contributed by atoms with E-state index >= 15 is 0 Å². The maximum atomic E-state index is 13.0. The van der Waals surface area contributed by atoms with Gasteiger partial charge >= 0.3 is 0 Å². The fourth-order valence-electron chi connectivity index (χ4n) is 2.72. The Kier molecular flexibility index (Phi) is 5.95. The second-order valence-corrected chi connectivity index (χ2v) is 6.65. The summed E-state index contributed by atoms with van der Waals surface area (Å²) in [6.07, 6.45) is 3.34. The molecule has 1 aromatic carbocycles. The molecule has 0 bridgehead atoms. The topological polar surface area (TPSA) is 121 Å². The van der Waals surface area contributed by atoms with Gasteiger partial charge in [0, 0.05) is 33.0 Å². The van der Waals surface area contributed by atoms with E-state index in [1.165, 1.54) is 36.2 Å². The van der Waals surface area contributed by atoms with Gasteiger partial charge in [0.1, 0.15) is 17.3 Å². The lowest BCUT2D eigenvalue weighted by molar-refractivity contribution is 0.0773. The number of nitrogens with zero attached hydrogens (tertiary/aromatic N) is 4. The van der Waals surface area contributed by atoms with Crippen molar-refractivity contribution in [2.24, 2.45) is 7.05 Å². The van der Waals surface area contributed by atoms with Crippen LogP contribution in [0.1, 0.15) is 32.2 Å². The number of amides is 2. The van der Waals surface area contributed by atoms with E-state index in [-0.39, 0.29) is 24.3 Å². The van der Waals surface area contributed by atoms with Crippen LogP contribution in [0.4, 0.5) is 4.39 Å². The third-order valence-electron chi connectivity index (χ3n) is 4.45. The number of aryl methyl sites for hydroxylation is 1. The van der Waals surface area contributed by atoms with Gasteiger partial charge in [-0.2, -0.15) is 0 Å². The zero-order chi connectivity index (χ0) is 21.8. The summed E-state index contributed by atoms with van der Waals surface area (Å²) in [5, 5.41) is 22.5. The number of halogens is 1. The SMILES string of the molecule is CN(Cc1nccn1C)C(=O)c1cc(C(=O)NCc2ccc(F)cc2)c(O)c(O)n1. The summed E-state index contributed by atoms with van der Waals surface area (Å²) in [5.74, 6) is -2.64. The summed E-state index contributed by atoms with van der Waals surface area (Å²) >= 11 is 0. The van der Waals surface area contributed by atoms with E-state index in [1.807, 2.05) is 0 Å². The number of hydrogen-bond acceptors (Lipinski definition) is 6. The standard InChI is InChI=1S/C20H20FN5O4/c1-25-8-7-22-16(25)11-26(2)20(30)15-9-14(17(27)19(29)24-15)18(28)23-10-12-3-5-13(21)6-4-12/h3-9,27H,10-11H2,1-2H3,(H,23,28)(H,24,29). The van der Waals surface area contributed by atoms with Crippen LogP contribution >= 0.6 is 0 Å². The molecule has 0 saturated carbocycles. The molecule has 3 rings (SSSR count). The van der Waals surface area contributed by atoms with E-state index in [2.05, 4.69) is 15.3 Å². The molecule has 9 nitrogen and oxygen atoms in total. The van der Waals surface area contributed by atoms with E-state index in [0.29, 0.717) is 11.4 Å². The molecular formula is C20H20FN5O4. The first-order chi connectivity index (χ1) is 14.3. The zero-order valence-electron chi connectivity index (χ0n) is 16.3. The lowest BCUT2D eigenvalue weighted by Gasteiger charge is -2.17. The second-order valence-electron chi connectivity index (χ2n) is 6.65. The zero-order valence-corrected chi connectivity index (χ0v) is 16.3. The number of benzene rings is 1. The van der Waals surface area contributed by atoms with Crippen LogP contribution in [0.5, 0.6) is 11.6 Å². The molecular weight excluding hydrogens is 393 g/mol. The third kappa shape index (κ3) is 4.54. The van der Waals surface area contributed by atoms with Crippen molar-refractivity contribution in [2.75, 3.05) is 7.05 Å². The van der Waals surface area contributed by atoms with Crippen molar-refractivity contribution in [3.8, 4) is 11.6 Å². The summed E-state index contributed by atoms with van der Waals surface area (Å²) in [5.41, 5.74) is 0.112. The van der Waals surface area contributed by atoms with Crippen molar-refractivity contribution in [1.82, 2.24) is 24.8 Å². The molecule has 0 radical (unpaired) electrons. The molecule has 3 aromatic rings. The molecule has 30 heavy (non-hydrogen) atoms. The van der Waals surface area contributed by atoms with Crippen molar-refractivity contribution >= 4 is 11.8 Å². The molecule has 0 aliphatic heterocycles. The Balaban J connectivity index is 1.77. The van der Waals surface area contributed by atoms with Crippen molar-refractivity contribution in [2.45, 2.75) is 13.1 Å². The Morgan fingerprint density at radius 1 is 1.23 bits per heavy atom. The molecule has 2 amide bonds. The highest BCUT2D eigenvalue weighted by Gasteiger charge is 2.23. The molecule has 156 valence electrons. The molecule has 0 spiro atoms. The smallest absolute Gasteiger partial charge is 0.272 e. The predicted octanol–water partition coefficient (Wildman–Crippen LogP) is 1.57. The number of aromatic nitrogens is 3. The highest BCUT2D eigenvalue weighted by molar-refractivity contribution is 6.01. The van der Waals surface area contributed by atoms with Gasteiger partial charge in [-0.05, 0) is 23.8 Å². The first-order valence-electron chi connectivity index (χ1n) is 8.93. The van der Waals surface area contributed by atoms with Crippen LogP contribution < -0.4 is 5.32 Å². The van der Waals surface area contributed by atoms with Gasteiger partial charge in [-0.15, -0.1) is 0 Å². The Labute approximate surface area is 171 Å². The van der Waals surface area contributed by atoms with Crippen LogP contribution in [0, 0.1) is 5.82 Å². The van der Waals surface area contributed by atoms with Crippen molar-refractivity contribution < 1.29 is 24.2 Å². The van der Waals surface area contributed by atoms with Crippen LogP contribution in [-0.2, 0) is 20.1 Å². The van der Waals surface area contributed by atoms with Gasteiger partial charge in [-0.1, -0.05) is 12.1 Å². The van der Waals surface area contributed by atoms with Gasteiger partial charge in [0.05, 0.1) is 12.1 Å². The number of hydrogen-bond donors (Lipinski definition) is 3. The van der Waals surface area contributed by atoms with Gasteiger partial charge in [0.15, 0.2) is 5.75 Å². The first-order valence-corrected chi connectivity index (χ1v) is 8.93. The number of carbonyl (C=O) groups is 2. The number of pyridine rings is 1. The van der Waals surface area contributed by atoms with E-state index in [4.69, 9.17) is 0 Å². The third-order valence-corrected chi connectivity index (χ3v) is 4.45. The Morgan fingerprint density at radius 2 is 1.93 bits per heavy atom. The molecule has 2 aromatic heterocycles. The second kappa shape index (κ2) is 8.60. The Morgan fingerprint density at radius 3 is 2.57 bits per heavy atom. The van der Waals surface area contributed by atoms with Gasteiger partial charge in [0.25, 0.3) is 17.7 Å². The summed E-state index contributed by atoms with van der Waals surface area (Å²) in [4.78, 5) is 34.3. The van der Waals surface area contributed by atoms with Gasteiger partial charge in [-0.25, -0.2) is 14.4 Å². The average Bonchev–Trinajstić information content (AvgIpc) is 3.13. The molecule has 0 saturated heterocycles. The average molecular weight is 413 g/mol. The minimum atomic E-state index is -0.835. The first kappa shape index (κ1) is 20.8. The summed E-state index contributed by atoms with van der Waals surface area (Å²) < 4.78 is 14.7. The minimum absolute atomic E-state index is 0.0595. The quantitative estimate of drug-likeness (QED) is 0.564. The fraction of sp³-hybridized carbons (Fsp3) is 0.200. The fourth-order valence-corrected chi connectivity index (χ4v) is 2.72. The maximum absolute atomic E-state index is 13.0. The molecule has 0 atom stereocenters. The largest absolute Gasteiger partial charge is 0.503 e. The summed E-state index contributed by atoms with van der Waals surface area (Å²) in [6, 6.07) is 6.62. The number of imidazole rings is 1. The molecule has 0 unspecified atom stereocenters. The van der Waals surface area contributed by atoms with Crippen molar-refractivity contribution in [3.63, 3.8) is 0 Å². The molecule has 0 aliphatic carbocycles. The highest BCUT2D eigenvalue weighted by Crippen LogP contribution is 2.28. The Hall–Kier alpha value is -3.95. The molecule has 10 heteroatoms. The Bertz CT molecular complexity index is 1080. The lowest BCUT2D eigenvalue weighted by Crippen LogP contribution is -2.29. The summed E-state index contributed by atoms with van der Waals surface area (Å²) in [7, 11) is 3.31. The van der Waals surface area contributed by atoms with E-state index < -0.39 is 29.3 Å². The van der Waals surface area contributed by atoms with E-state index in [0.717, 1.165) is 6.07 Å². The van der Waals surface area contributed by atoms with Crippen LogP contribution in [-0.4, -0.2) is 48.5 Å². The molecule has 3 N–H and O–H groups in total. The van der Waals surface area contributed by atoms with Gasteiger partial charge in [-0.3, -0.25) is 9.59 Å². The highest BCUT2D eigenvalue weighted by atomic mass is 19.1. The van der Waals surface area contributed by atoms with Crippen LogP contribution in [0.25, 0.3) is 0 Å².